The second-order valence-corrected chi connectivity index (χ2v) is 3.23. The Kier molecular flexibility index (Phi) is 4.78. The third-order valence-corrected chi connectivity index (χ3v) is 1.86. The lowest BCUT2D eigenvalue weighted by Crippen LogP contribution is -2.37. The Hall–Kier alpha value is -2.45. The van der Waals surface area contributed by atoms with Crippen molar-refractivity contribution in [3.8, 4) is 0 Å². The van der Waals surface area contributed by atoms with Crippen LogP contribution in [0.4, 0.5) is 9.59 Å². The van der Waals surface area contributed by atoms with E-state index in [-0.39, 0.29) is 31.2 Å². The van der Waals surface area contributed by atoms with Gasteiger partial charge in [-0.15, -0.1) is 0 Å². The number of carbonyl (C=O) groups is 2. The van der Waals surface area contributed by atoms with Crippen molar-refractivity contribution in [2.24, 2.45) is 5.73 Å². The first-order chi connectivity index (χ1) is 8.49. The number of nitrogens with one attached hydrogen (secondary N) is 2. The van der Waals surface area contributed by atoms with E-state index in [9.17, 15) is 14.4 Å². The SMILES string of the molecule is Cc1oc(=O)oc1COC(=O)NCCNC(N)=O. The predicted molar refractivity (Wildman–Crippen MR) is 57.8 cm³/mol. The van der Waals surface area contributed by atoms with E-state index < -0.39 is 17.9 Å². The molecule has 0 atom stereocenters. The summed E-state index contributed by atoms with van der Waals surface area (Å²) in [7, 11) is 0. The molecule has 0 unspecified atom stereocenters. The molecule has 0 aliphatic heterocycles. The van der Waals surface area contributed by atoms with Crippen molar-refractivity contribution < 1.29 is 23.2 Å². The van der Waals surface area contributed by atoms with Gasteiger partial charge in [0.1, 0.15) is 0 Å². The van der Waals surface area contributed by atoms with E-state index >= 15 is 0 Å². The molecule has 18 heavy (non-hydrogen) atoms. The number of rotatable bonds is 5. The lowest BCUT2D eigenvalue weighted by atomic mass is 10.4. The summed E-state index contributed by atoms with van der Waals surface area (Å²) in [5, 5.41) is 4.63. The first kappa shape index (κ1) is 13.6. The van der Waals surface area contributed by atoms with Crippen LogP contribution in [-0.2, 0) is 11.3 Å². The minimum Gasteiger partial charge on any atom is -0.441 e. The Balaban J connectivity index is 2.23. The maximum absolute atomic E-state index is 11.2. The summed E-state index contributed by atoms with van der Waals surface area (Å²) in [6.45, 7) is 1.64. The molecule has 1 aromatic heterocycles. The zero-order valence-corrected chi connectivity index (χ0v) is 9.65. The van der Waals surface area contributed by atoms with Crippen LogP contribution in [0.15, 0.2) is 13.6 Å². The van der Waals surface area contributed by atoms with E-state index in [0.717, 1.165) is 0 Å². The fraction of sp³-hybridized carbons (Fsp3) is 0.444. The molecule has 0 aromatic carbocycles. The largest absolute Gasteiger partial charge is 0.519 e. The molecule has 0 aliphatic rings. The van der Waals surface area contributed by atoms with Crippen molar-refractivity contribution in [3.05, 3.63) is 22.1 Å². The van der Waals surface area contributed by atoms with Crippen LogP contribution in [0.25, 0.3) is 0 Å². The van der Waals surface area contributed by atoms with Gasteiger partial charge in [0, 0.05) is 13.1 Å². The Morgan fingerprint density at radius 1 is 1.28 bits per heavy atom. The van der Waals surface area contributed by atoms with Crippen LogP contribution in [0.5, 0.6) is 0 Å². The van der Waals surface area contributed by atoms with E-state index in [1.54, 1.807) is 0 Å². The first-order valence-electron chi connectivity index (χ1n) is 5.02. The van der Waals surface area contributed by atoms with Crippen molar-refractivity contribution >= 4 is 12.1 Å². The molecule has 3 amide bonds. The molecular formula is C9H13N3O6. The number of urea groups is 1. The lowest BCUT2D eigenvalue weighted by molar-refractivity contribution is 0.130. The summed E-state index contributed by atoms with van der Waals surface area (Å²) in [4.78, 5) is 32.1. The number of nitrogens with two attached hydrogens (primary N) is 1. The Morgan fingerprint density at radius 2 is 1.94 bits per heavy atom. The third-order valence-electron chi connectivity index (χ3n) is 1.86. The number of amides is 3. The molecule has 0 fully saturated rings. The minimum absolute atomic E-state index is 0.144. The summed E-state index contributed by atoms with van der Waals surface area (Å²) in [5.41, 5.74) is 4.82. The van der Waals surface area contributed by atoms with Crippen molar-refractivity contribution in [1.29, 1.82) is 0 Å². The fourth-order valence-corrected chi connectivity index (χ4v) is 1.04. The van der Waals surface area contributed by atoms with E-state index in [4.69, 9.17) is 10.5 Å². The number of primary amides is 1. The normalized spacial score (nSPS) is 9.83. The molecular weight excluding hydrogens is 246 g/mol. The molecule has 100 valence electrons. The maximum Gasteiger partial charge on any atom is 0.519 e. The Labute approximate surface area is 101 Å². The zero-order chi connectivity index (χ0) is 13.5. The third kappa shape index (κ3) is 4.60. The number of hydrogen-bond donors (Lipinski definition) is 3. The molecule has 0 spiro atoms. The fourth-order valence-electron chi connectivity index (χ4n) is 1.04. The van der Waals surface area contributed by atoms with Gasteiger partial charge in [-0.05, 0) is 6.92 Å². The molecule has 9 heteroatoms. The van der Waals surface area contributed by atoms with E-state index in [0.29, 0.717) is 0 Å². The molecule has 0 bridgehead atoms. The van der Waals surface area contributed by atoms with Crippen LogP contribution in [0.3, 0.4) is 0 Å². The Morgan fingerprint density at radius 3 is 2.50 bits per heavy atom. The summed E-state index contributed by atoms with van der Waals surface area (Å²) in [6, 6.07) is -0.680. The van der Waals surface area contributed by atoms with Gasteiger partial charge in [0.15, 0.2) is 18.1 Å². The van der Waals surface area contributed by atoms with Gasteiger partial charge >= 0.3 is 17.9 Å². The highest BCUT2D eigenvalue weighted by Gasteiger charge is 2.10. The van der Waals surface area contributed by atoms with Crippen molar-refractivity contribution in [1.82, 2.24) is 10.6 Å². The van der Waals surface area contributed by atoms with Gasteiger partial charge in [-0.3, -0.25) is 0 Å². The average molecular weight is 259 g/mol. The minimum atomic E-state index is -0.850. The topological polar surface area (TPSA) is 137 Å². The number of ether oxygens (including phenoxy) is 1. The molecule has 0 radical (unpaired) electrons. The smallest absolute Gasteiger partial charge is 0.441 e. The molecule has 0 saturated heterocycles. The summed E-state index contributed by atoms with van der Waals surface area (Å²) in [6.07, 6.45) is -0.718. The van der Waals surface area contributed by atoms with Gasteiger partial charge < -0.3 is 29.9 Å². The number of carbonyl (C=O) groups excluding carboxylic acids is 2. The van der Waals surface area contributed by atoms with Crippen LogP contribution in [-0.4, -0.2) is 25.2 Å². The van der Waals surface area contributed by atoms with Crippen LogP contribution in [0, 0.1) is 6.92 Å². The van der Waals surface area contributed by atoms with Crippen LogP contribution in [0.1, 0.15) is 11.5 Å². The molecule has 1 aromatic rings. The van der Waals surface area contributed by atoms with Gasteiger partial charge in [0.05, 0.1) is 0 Å². The molecule has 9 nitrogen and oxygen atoms in total. The predicted octanol–water partition coefficient (Wildman–Crippen LogP) is -0.564. The van der Waals surface area contributed by atoms with Crippen molar-refractivity contribution in [2.45, 2.75) is 13.5 Å². The van der Waals surface area contributed by atoms with Crippen molar-refractivity contribution in [3.63, 3.8) is 0 Å². The molecule has 0 saturated carbocycles. The number of aryl methyl sites for hydroxylation is 1. The Bertz CT molecular complexity index is 477. The van der Waals surface area contributed by atoms with Crippen LogP contribution in [0.2, 0.25) is 0 Å². The molecule has 1 rings (SSSR count). The van der Waals surface area contributed by atoms with Gasteiger partial charge in [-0.25, -0.2) is 14.4 Å². The molecule has 1 heterocycles. The number of alkyl carbamates (subject to hydrolysis) is 1. The highest BCUT2D eigenvalue weighted by atomic mass is 16.6. The monoisotopic (exact) mass is 259 g/mol. The summed E-state index contributed by atoms with van der Waals surface area (Å²) in [5.74, 6) is -0.453. The van der Waals surface area contributed by atoms with E-state index in [1.165, 1.54) is 6.92 Å². The standard InChI is InChI=1S/C9H13N3O6/c1-5-6(18-9(15)17-5)4-16-8(14)12-3-2-11-7(10)13/h2-4H2,1H3,(H,12,14)(H3,10,11,13). The van der Waals surface area contributed by atoms with E-state index in [2.05, 4.69) is 19.5 Å². The quantitative estimate of drug-likeness (QED) is 0.606. The van der Waals surface area contributed by atoms with Crippen molar-refractivity contribution in [2.75, 3.05) is 13.1 Å². The van der Waals surface area contributed by atoms with Crippen LogP contribution >= 0.6 is 0 Å². The molecule has 4 N–H and O–H groups in total. The van der Waals surface area contributed by atoms with Gasteiger partial charge in [0.2, 0.25) is 0 Å². The van der Waals surface area contributed by atoms with Gasteiger partial charge in [-0.2, -0.15) is 0 Å². The summed E-state index contributed by atoms with van der Waals surface area (Å²) < 4.78 is 13.9. The summed E-state index contributed by atoms with van der Waals surface area (Å²) >= 11 is 0. The maximum atomic E-state index is 11.2. The van der Waals surface area contributed by atoms with Gasteiger partial charge in [-0.1, -0.05) is 0 Å². The van der Waals surface area contributed by atoms with Crippen LogP contribution < -0.4 is 22.2 Å². The van der Waals surface area contributed by atoms with E-state index in [1.807, 2.05) is 0 Å². The molecule has 0 aliphatic carbocycles. The highest BCUT2D eigenvalue weighted by Crippen LogP contribution is 2.05. The zero-order valence-electron chi connectivity index (χ0n) is 9.65. The average Bonchev–Trinajstić information content (AvgIpc) is 2.60. The first-order valence-corrected chi connectivity index (χ1v) is 5.02. The second kappa shape index (κ2) is 6.33. The highest BCUT2D eigenvalue weighted by molar-refractivity contribution is 5.71. The van der Waals surface area contributed by atoms with Gasteiger partial charge in [0.25, 0.3) is 0 Å². The lowest BCUT2D eigenvalue weighted by Gasteiger charge is -2.05. The number of hydrogen-bond acceptors (Lipinski definition) is 6. The second-order valence-electron chi connectivity index (χ2n) is 3.23.